The Hall–Kier alpha value is -4.53. The summed E-state index contributed by atoms with van der Waals surface area (Å²) in [6, 6.07) is 16.4. The maximum atomic E-state index is 13.2. The molecule has 0 spiro atoms. The molecule has 9 nitrogen and oxygen atoms in total. The molecule has 0 fully saturated rings. The van der Waals surface area contributed by atoms with Gasteiger partial charge >= 0.3 is 11.7 Å². The third kappa shape index (κ3) is 4.33. The van der Waals surface area contributed by atoms with E-state index in [9.17, 15) is 19.2 Å². The number of hydrogen-bond donors (Lipinski definition) is 1. The highest BCUT2D eigenvalue weighted by Crippen LogP contribution is 2.30. The summed E-state index contributed by atoms with van der Waals surface area (Å²) in [5.41, 5.74) is 7.99. The molecule has 2 heterocycles. The second-order valence-electron chi connectivity index (χ2n) is 8.95. The smallest absolute Gasteiger partial charge is 0.339 e. The molecule has 5 rings (SSSR count). The quantitative estimate of drug-likeness (QED) is 0.307. The monoisotopic (exact) mass is 498 g/mol. The zero-order chi connectivity index (χ0) is 26.1. The third-order valence-electron chi connectivity index (χ3n) is 6.70. The molecule has 0 saturated heterocycles. The van der Waals surface area contributed by atoms with Crippen molar-refractivity contribution >= 4 is 28.5 Å². The minimum absolute atomic E-state index is 0.0575. The Morgan fingerprint density at radius 3 is 2.46 bits per heavy atom. The molecule has 2 N–H and O–H groups in total. The number of ketones is 1. The second kappa shape index (κ2) is 9.85. The first-order valence-electron chi connectivity index (χ1n) is 12.2. The lowest BCUT2D eigenvalue weighted by Crippen LogP contribution is -2.44. The van der Waals surface area contributed by atoms with Crippen molar-refractivity contribution in [3.05, 3.63) is 103 Å². The van der Waals surface area contributed by atoms with Crippen molar-refractivity contribution in [3.63, 3.8) is 0 Å². The van der Waals surface area contributed by atoms with Crippen LogP contribution in [0, 0.1) is 0 Å². The van der Waals surface area contributed by atoms with Crippen LogP contribution in [-0.4, -0.2) is 32.5 Å². The summed E-state index contributed by atoms with van der Waals surface area (Å²) in [4.78, 5) is 57.1. The Morgan fingerprint density at radius 1 is 0.973 bits per heavy atom. The number of fused-ring (bicyclic) bond motifs is 2. The maximum absolute atomic E-state index is 13.2. The van der Waals surface area contributed by atoms with Gasteiger partial charge in [0.1, 0.15) is 11.4 Å². The average molecular weight is 499 g/mol. The number of nitrogens with two attached hydrogens (primary N) is 1. The van der Waals surface area contributed by atoms with Gasteiger partial charge in [-0.3, -0.25) is 23.7 Å². The number of ether oxygens (including phenoxy) is 1. The number of rotatable bonds is 7. The number of carbonyl (C=O) groups is 2. The molecule has 37 heavy (non-hydrogen) atoms. The van der Waals surface area contributed by atoms with Crippen molar-refractivity contribution in [1.82, 2.24) is 14.1 Å². The Morgan fingerprint density at radius 2 is 1.70 bits per heavy atom. The topological polar surface area (TPSA) is 126 Å². The van der Waals surface area contributed by atoms with Crippen molar-refractivity contribution in [2.45, 2.75) is 39.3 Å². The molecule has 0 bridgehead atoms. The minimum atomic E-state index is -0.800. The van der Waals surface area contributed by atoms with Crippen LogP contribution in [0.15, 0.2) is 64.2 Å². The van der Waals surface area contributed by atoms with Gasteiger partial charge in [-0.2, -0.15) is 0 Å². The van der Waals surface area contributed by atoms with E-state index in [0.717, 1.165) is 34.2 Å². The van der Waals surface area contributed by atoms with Crippen LogP contribution in [0.2, 0.25) is 0 Å². The summed E-state index contributed by atoms with van der Waals surface area (Å²) in [5, 5.41) is 0.657. The number of carbonyl (C=O) groups excluding carboxylic acids is 2. The predicted molar refractivity (Wildman–Crippen MR) is 139 cm³/mol. The van der Waals surface area contributed by atoms with Gasteiger partial charge in [-0.1, -0.05) is 48.5 Å². The van der Waals surface area contributed by atoms with Gasteiger partial charge in [-0.05, 0) is 43.4 Å². The number of Topliss-reactive ketones (excluding diaryl/α,β-unsaturated/α-hetero) is 1. The number of aryl methyl sites for hydroxylation is 1. The fourth-order valence-electron chi connectivity index (χ4n) is 4.89. The molecule has 188 valence electrons. The van der Waals surface area contributed by atoms with Gasteiger partial charge in [0.15, 0.2) is 6.61 Å². The maximum Gasteiger partial charge on any atom is 0.339 e. The van der Waals surface area contributed by atoms with Crippen LogP contribution in [0.3, 0.4) is 0 Å². The SMILES string of the molecule is CCn1c(=O)c(C(=O)COC(=O)c2c3c(nc4ccccc24)CCC3)c(N)n(Cc2ccccc2)c1=O. The predicted octanol–water partition coefficient (Wildman–Crippen LogP) is 2.74. The van der Waals surface area contributed by atoms with Crippen LogP contribution in [0.1, 0.15) is 50.9 Å². The standard InChI is InChI=1S/C28H26N4O5/c1-2-31-26(34)24(25(29)32(28(31)36)15-17-9-4-3-5-10-17)22(33)16-37-27(35)23-18-11-6-7-13-20(18)30-21-14-8-12-19(21)23/h3-7,9-11,13H,2,8,12,14-16,29H2,1H3. The Balaban J connectivity index is 1.48. The van der Waals surface area contributed by atoms with E-state index in [4.69, 9.17) is 10.5 Å². The van der Waals surface area contributed by atoms with E-state index < -0.39 is 29.6 Å². The van der Waals surface area contributed by atoms with Crippen LogP contribution >= 0.6 is 0 Å². The first kappa shape index (κ1) is 24.2. The Kier molecular flexibility index (Phi) is 6.43. The van der Waals surface area contributed by atoms with E-state index in [1.807, 2.05) is 48.5 Å². The van der Waals surface area contributed by atoms with Crippen LogP contribution in [0.25, 0.3) is 10.9 Å². The number of benzene rings is 2. The largest absolute Gasteiger partial charge is 0.454 e. The molecule has 0 amide bonds. The number of esters is 1. The lowest BCUT2D eigenvalue weighted by Gasteiger charge is -2.16. The highest BCUT2D eigenvalue weighted by molar-refractivity contribution is 6.07. The molecule has 0 radical (unpaired) electrons. The fourth-order valence-corrected chi connectivity index (χ4v) is 4.89. The molecule has 0 aliphatic heterocycles. The first-order valence-corrected chi connectivity index (χ1v) is 12.2. The van der Waals surface area contributed by atoms with E-state index in [0.29, 0.717) is 22.9 Å². The van der Waals surface area contributed by atoms with Gasteiger partial charge in [0.25, 0.3) is 5.56 Å². The second-order valence-corrected chi connectivity index (χ2v) is 8.95. The number of anilines is 1. The fraction of sp³-hybridized carbons (Fsp3) is 0.250. The van der Waals surface area contributed by atoms with Gasteiger partial charge in [-0.25, -0.2) is 9.59 Å². The number of pyridine rings is 1. The highest BCUT2D eigenvalue weighted by atomic mass is 16.5. The Bertz CT molecular complexity index is 1650. The number of nitrogen functional groups attached to an aromatic ring is 1. The number of aromatic nitrogens is 3. The summed E-state index contributed by atoms with van der Waals surface area (Å²) in [5.74, 6) is -1.67. The summed E-state index contributed by atoms with van der Waals surface area (Å²) in [6.07, 6.45) is 2.35. The molecule has 9 heteroatoms. The molecule has 1 aliphatic rings. The van der Waals surface area contributed by atoms with E-state index >= 15 is 0 Å². The molecule has 4 aromatic rings. The van der Waals surface area contributed by atoms with Gasteiger partial charge in [0, 0.05) is 17.6 Å². The molecular weight excluding hydrogens is 472 g/mol. The summed E-state index contributed by atoms with van der Waals surface area (Å²) in [7, 11) is 0. The molecule has 0 saturated carbocycles. The molecule has 2 aromatic heterocycles. The average Bonchev–Trinajstić information content (AvgIpc) is 3.37. The zero-order valence-corrected chi connectivity index (χ0v) is 20.4. The minimum Gasteiger partial charge on any atom is -0.454 e. The van der Waals surface area contributed by atoms with Crippen LogP contribution < -0.4 is 17.0 Å². The van der Waals surface area contributed by atoms with Gasteiger partial charge < -0.3 is 10.5 Å². The van der Waals surface area contributed by atoms with Crippen LogP contribution in [0.5, 0.6) is 0 Å². The van der Waals surface area contributed by atoms with Crippen molar-refractivity contribution in [2.75, 3.05) is 12.3 Å². The number of hydrogen-bond acceptors (Lipinski definition) is 7. The lowest BCUT2D eigenvalue weighted by molar-refractivity contribution is 0.0475. The van der Waals surface area contributed by atoms with Crippen LogP contribution in [0.4, 0.5) is 5.82 Å². The first-order chi connectivity index (χ1) is 17.9. The van der Waals surface area contributed by atoms with Crippen LogP contribution in [-0.2, 0) is 30.7 Å². The zero-order valence-electron chi connectivity index (χ0n) is 20.4. The van der Waals surface area contributed by atoms with Gasteiger partial charge in [0.05, 0.1) is 17.6 Å². The van der Waals surface area contributed by atoms with Crippen molar-refractivity contribution < 1.29 is 14.3 Å². The molecular formula is C28H26N4O5. The van der Waals surface area contributed by atoms with E-state index in [2.05, 4.69) is 4.98 Å². The summed E-state index contributed by atoms with van der Waals surface area (Å²) in [6.45, 7) is 1.09. The molecule has 1 aliphatic carbocycles. The van der Waals surface area contributed by atoms with Crippen molar-refractivity contribution in [1.29, 1.82) is 0 Å². The summed E-state index contributed by atoms with van der Waals surface area (Å²) < 4.78 is 7.59. The van der Waals surface area contributed by atoms with E-state index in [1.54, 1.807) is 13.0 Å². The number of nitrogens with zero attached hydrogens (tertiary/aromatic N) is 3. The van der Waals surface area contributed by atoms with Crippen molar-refractivity contribution in [3.8, 4) is 0 Å². The highest BCUT2D eigenvalue weighted by Gasteiger charge is 2.27. The van der Waals surface area contributed by atoms with Crippen molar-refractivity contribution in [2.24, 2.45) is 0 Å². The summed E-state index contributed by atoms with van der Waals surface area (Å²) >= 11 is 0. The molecule has 2 aromatic carbocycles. The molecule has 0 atom stereocenters. The lowest BCUT2D eigenvalue weighted by atomic mass is 10.0. The van der Waals surface area contributed by atoms with E-state index in [-0.39, 0.29) is 24.5 Å². The van der Waals surface area contributed by atoms with E-state index in [1.165, 1.54) is 4.57 Å². The van der Waals surface area contributed by atoms with Gasteiger partial charge in [-0.15, -0.1) is 0 Å². The van der Waals surface area contributed by atoms with Gasteiger partial charge in [0.2, 0.25) is 5.78 Å². The third-order valence-corrected chi connectivity index (χ3v) is 6.70. The Labute approximate surface area is 212 Å². The normalized spacial score (nSPS) is 12.5. The molecule has 0 unspecified atom stereocenters. The number of para-hydroxylation sites is 1.